The van der Waals surface area contributed by atoms with E-state index in [-0.39, 0.29) is 0 Å². The van der Waals surface area contributed by atoms with Gasteiger partial charge in [0, 0.05) is 0 Å². The van der Waals surface area contributed by atoms with Gasteiger partial charge in [-0.15, -0.1) is 0 Å². The zero-order valence-corrected chi connectivity index (χ0v) is 12.6. The minimum absolute atomic E-state index is 0.360. The third-order valence-electron chi connectivity index (χ3n) is 5.57. The Bertz CT molecular complexity index is 509. The van der Waals surface area contributed by atoms with Gasteiger partial charge in [-0.3, -0.25) is 0 Å². The van der Waals surface area contributed by atoms with Gasteiger partial charge >= 0.3 is 0 Å². The monoisotopic (exact) mass is 254 g/mol. The topological polar surface area (TPSA) is 0 Å². The van der Waals surface area contributed by atoms with Gasteiger partial charge in [0.05, 0.1) is 0 Å². The van der Waals surface area contributed by atoms with E-state index in [0.717, 1.165) is 5.92 Å². The molecule has 2 unspecified atom stereocenters. The second-order valence-corrected chi connectivity index (χ2v) is 7.09. The van der Waals surface area contributed by atoms with Gasteiger partial charge in [-0.1, -0.05) is 51.1 Å². The molecule has 0 aliphatic heterocycles. The van der Waals surface area contributed by atoms with E-state index in [2.05, 4.69) is 45.5 Å². The fourth-order valence-corrected chi connectivity index (χ4v) is 4.36. The molecule has 0 N–H and O–H groups in total. The minimum atomic E-state index is 0.360. The van der Waals surface area contributed by atoms with Crippen LogP contribution in [0.5, 0.6) is 0 Å². The number of aryl methyl sites for hydroxylation is 1. The van der Waals surface area contributed by atoms with E-state index in [4.69, 9.17) is 0 Å². The van der Waals surface area contributed by atoms with Gasteiger partial charge < -0.3 is 0 Å². The fraction of sp³-hybridized carbons (Fsp3) is 0.579. The minimum Gasteiger partial charge on any atom is -0.0995 e. The van der Waals surface area contributed by atoms with Crippen molar-refractivity contribution in [1.82, 2.24) is 0 Å². The first-order valence-corrected chi connectivity index (χ1v) is 7.83. The van der Waals surface area contributed by atoms with Crippen molar-refractivity contribution >= 4 is 0 Å². The average molecular weight is 254 g/mol. The molecule has 0 heterocycles. The Kier molecular flexibility index (Phi) is 3.08. The summed E-state index contributed by atoms with van der Waals surface area (Å²) in [6.45, 7) is 11.4. The lowest BCUT2D eigenvalue weighted by Crippen LogP contribution is -2.40. The second kappa shape index (κ2) is 4.51. The Balaban J connectivity index is 2.06. The number of hydrogen-bond acceptors (Lipinski definition) is 0. The molecule has 0 amide bonds. The lowest BCUT2D eigenvalue weighted by Gasteiger charge is -2.47. The molecule has 3 rings (SSSR count). The molecular formula is C19H26. The molecule has 0 radical (unpaired) electrons. The standard InChI is InChI=1S/C19H26/c1-13(2)15-7-10-18-16(12-15)8-9-17-14(3)6-5-11-19(17,18)4/h7,10,12-13,17H,3,5-6,8-9,11H2,1-2,4H3. The molecule has 2 aliphatic rings. The molecule has 1 aromatic rings. The largest absolute Gasteiger partial charge is 0.0995 e. The van der Waals surface area contributed by atoms with E-state index < -0.39 is 0 Å². The van der Waals surface area contributed by atoms with Crippen LogP contribution in [0.4, 0.5) is 0 Å². The summed E-state index contributed by atoms with van der Waals surface area (Å²) in [6.07, 6.45) is 6.46. The van der Waals surface area contributed by atoms with Gasteiger partial charge in [0.15, 0.2) is 0 Å². The highest BCUT2D eigenvalue weighted by Crippen LogP contribution is 2.51. The van der Waals surface area contributed by atoms with Gasteiger partial charge in [0.1, 0.15) is 0 Å². The summed E-state index contributed by atoms with van der Waals surface area (Å²) in [4.78, 5) is 0. The quantitative estimate of drug-likeness (QED) is 0.591. The molecule has 0 bridgehead atoms. The smallest absolute Gasteiger partial charge is 0.000705 e. The Morgan fingerprint density at radius 2 is 2.05 bits per heavy atom. The van der Waals surface area contributed by atoms with Crippen LogP contribution in [0, 0.1) is 5.92 Å². The highest BCUT2D eigenvalue weighted by atomic mass is 14.5. The van der Waals surface area contributed by atoms with Crippen LogP contribution < -0.4 is 0 Å². The zero-order valence-electron chi connectivity index (χ0n) is 12.6. The second-order valence-electron chi connectivity index (χ2n) is 7.09. The molecule has 0 saturated heterocycles. The Morgan fingerprint density at radius 3 is 2.79 bits per heavy atom. The van der Waals surface area contributed by atoms with Crippen LogP contribution in [-0.4, -0.2) is 0 Å². The summed E-state index contributed by atoms with van der Waals surface area (Å²) in [6, 6.07) is 7.25. The van der Waals surface area contributed by atoms with Crippen LogP contribution in [0.15, 0.2) is 30.4 Å². The predicted molar refractivity (Wildman–Crippen MR) is 82.7 cm³/mol. The summed E-state index contributed by atoms with van der Waals surface area (Å²) < 4.78 is 0. The maximum Gasteiger partial charge on any atom is -0.000705 e. The number of fused-ring (bicyclic) bond motifs is 3. The lowest BCUT2D eigenvalue weighted by molar-refractivity contribution is 0.235. The molecule has 1 aromatic carbocycles. The van der Waals surface area contributed by atoms with Crippen LogP contribution in [0.25, 0.3) is 0 Å². The lowest BCUT2D eigenvalue weighted by atomic mass is 9.57. The average Bonchev–Trinajstić information content (AvgIpc) is 2.38. The van der Waals surface area contributed by atoms with Crippen molar-refractivity contribution in [3.05, 3.63) is 47.0 Å². The van der Waals surface area contributed by atoms with Gasteiger partial charge in [0.25, 0.3) is 0 Å². The third kappa shape index (κ3) is 1.96. The number of hydrogen-bond donors (Lipinski definition) is 0. The summed E-state index contributed by atoms with van der Waals surface area (Å²) in [5.74, 6) is 1.36. The third-order valence-corrected chi connectivity index (χ3v) is 5.57. The summed E-state index contributed by atoms with van der Waals surface area (Å²) in [5, 5.41) is 0. The maximum absolute atomic E-state index is 4.36. The van der Waals surface area contributed by atoms with E-state index in [9.17, 15) is 0 Å². The van der Waals surface area contributed by atoms with Crippen molar-refractivity contribution < 1.29 is 0 Å². The van der Waals surface area contributed by atoms with Gasteiger partial charge in [-0.2, -0.15) is 0 Å². The summed E-state index contributed by atoms with van der Waals surface area (Å²) in [7, 11) is 0. The first-order chi connectivity index (χ1) is 9.02. The molecule has 2 atom stereocenters. The van der Waals surface area contributed by atoms with Crippen LogP contribution in [-0.2, 0) is 11.8 Å². The molecule has 1 saturated carbocycles. The van der Waals surface area contributed by atoms with E-state index in [1.54, 1.807) is 11.1 Å². The molecule has 0 nitrogen and oxygen atoms in total. The summed E-state index contributed by atoms with van der Waals surface area (Å²) in [5.41, 5.74) is 6.59. The Morgan fingerprint density at radius 1 is 1.26 bits per heavy atom. The van der Waals surface area contributed by atoms with Crippen molar-refractivity contribution in [2.45, 2.75) is 64.2 Å². The van der Waals surface area contributed by atoms with Crippen molar-refractivity contribution in [2.75, 3.05) is 0 Å². The van der Waals surface area contributed by atoms with Crippen LogP contribution in [0.3, 0.4) is 0 Å². The van der Waals surface area contributed by atoms with Gasteiger partial charge in [-0.25, -0.2) is 0 Å². The van der Waals surface area contributed by atoms with Crippen LogP contribution in [0.2, 0.25) is 0 Å². The zero-order chi connectivity index (χ0) is 13.6. The van der Waals surface area contributed by atoms with Crippen molar-refractivity contribution in [3.63, 3.8) is 0 Å². The molecule has 0 spiro atoms. The van der Waals surface area contributed by atoms with E-state index in [1.807, 2.05) is 0 Å². The molecule has 19 heavy (non-hydrogen) atoms. The van der Waals surface area contributed by atoms with E-state index in [1.165, 1.54) is 43.2 Å². The Labute approximate surface area is 117 Å². The Hall–Kier alpha value is -1.04. The molecule has 0 aromatic heterocycles. The number of benzene rings is 1. The number of allylic oxidation sites excluding steroid dienone is 1. The van der Waals surface area contributed by atoms with Crippen molar-refractivity contribution in [3.8, 4) is 0 Å². The fourth-order valence-electron chi connectivity index (χ4n) is 4.36. The highest BCUT2D eigenvalue weighted by molar-refractivity contribution is 5.43. The highest BCUT2D eigenvalue weighted by Gasteiger charge is 2.43. The van der Waals surface area contributed by atoms with Crippen molar-refractivity contribution in [1.29, 1.82) is 0 Å². The van der Waals surface area contributed by atoms with E-state index in [0.29, 0.717) is 11.3 Å². The van der Waals surface area contributed by atoms with Crippen molar-refractivity contribution in [2.24, 2.45) is 5.92 Å². The van der Waals surface area contributed by atoms with Gasteiger partial charge in [-0.05, 0) is 66.0 Å². The van der Waals surface area contributed by atoms with Crippen LogP contribution in [0.1, 0.15) is 69.1 Å². The van der Waals surface area contributed by atoms with Crippen LogP contribution >= 0.6 is 0 Å². The molecule has 102 valence electrons. The first-order valence-electron chi connectivity index (χ1n) is 7.83. The first kappa shape index (κ1) is 13.0. The summed E-state index contributed by atoms with van der Waals surface area (Å²) >= 11 is 0. The van der Waals surface area contributed by atoms with E-state index >= 15 is 0 Å². The molecule has 0 heteroatoms. The SMILES string of the molecule is C=C1CCCC2(C)c3ccc(C(C)C)cc3CCC12. The predicted octanol–water partition coefficient (Wildman–Crippen LogP) is 5.37. The number of rotatable bonds is 1. The normalized spacial score (nSPS) is 30.1. The molecular weight excluding hydrogens is 228 g/mol. The van der Waals surface area contributed by atoms with Gasteiger partial charge in [0.2, 0.25) is 0 Å². The molecule has 1 fully saturated rings. The molecule has 2 aliphatic carbocycles. The maximum atomic E-state index is 4.36.